The molecule has 126 valence electrons. The summed E-state index contributed by atoms with van der Waals surface area (Å²) < 4.78 is 0. The van der Waals surface area contributed by atoms with Crippen molar-refractivity contribution in [3.05, 3.63) is 42.0 Å². The van der Waals surface area contributed by atoms with Gasteiger partial charge in [0.1, 0.15) is 11.7 Å². The van der Waals surface area contributed by atoms with Gasteiger partial charge in [0.15, 0.2) is 6.29 Å². The Labute approximate surface area is 136 Å². The van der Waals surface area contributed by atoms with Crippen molar-refractivity contribution >= 4 is 17.8 Å². The maximum atomic E-state index is 12.0. The summed E-state index contributed by atoms with van der Waals surface area (Å²) in [4.78, 5) is 23.4. The van der Waals surface area contributed by atoms with Crippen LogP contribution in [0, 0.1) is 17.8 Å². The number of rotatable bonds is 9. The highest BCUT2D eigenvalue weighted by molar-refractivity contribution is 5.80. The summed E-state index contributed by atoms with van der Waals surface area (Å²) in [5.41, 5.74) is 0.852. The van der Waals surface area contributed by atoms with Crippen molar-refractivity contribution in [2.24, 2.45) is 17.8 Å². The van der Waals surface area contributed by atoms with Crippen LogP contribution in [0.3, 0.4) is 0 Å². The molecule has 0 aliphatic rings. The molecule has 0 heterocycles. The lowest BCUT2D eigenvalue weighted by molar-refractivity contribution is -0.162. The minimum atomic E-state index is -2.02. The van der Waals surface area contributed by atoms with Gasteiger partial charge in [-0.05, 0) is 11.5 Å². The molecule has 23 heavy (non-hydrogen) atoms. The summed E-state index contributed by atoms with van der Waals surface area (Å²) in [5, 5.41) is 28.0. The van der Waals surface area contributed by atoms with Gasteiger partial charge in [0.2, 0.25) is 0 Å². The van der Waals surface area contributed by atoms with Crippen LogP contribution in [0.1, 0.15) is 32.3 Å². The fraction of sp³-hybridized carbons (Fsp3) is 0.444. The summed E-state index contributed by atoms with van der Waals surface area (Å²) in [5.74, 6) is -3.47. The Bertz CT molecular complexity index is 534. The van der Waals surface area contributed by atoms with Crippen LogP contribution >= 0.6 is 0 Å². The Hall–Kier alpha value is -1.98. The molecule has 1 aromatic carbocycles. The van der Waals surface area contributed by atoms with Crippen LogP contribution in [0.15, 0.2) is 36.4 Å². The van der Waals surface area contributed by atoms with Crippen molar-refractivity contribution in [2.45, 2.75) is 33.0 Å². The van der Waals surface area contributed by atoms with Crippen molar-refractivity contribution in [3.8, 4) is 0 Å². The molecule has 2 unspecified atom stereocenters. The van der Waals surface area contributed by atoms with Gasteiger partial charge in [0.05, 0.1) is 0 Å². The number of carbonyl (C=O) groups excluding carboxylic acids is 1. The largest absolute Gasteiger partial charge is 0.481 e. The normalized spacial score (nSPS) is 14.3. The van der Waals surface area contributed by atoms with E-state index in [9.17, 15) is 24.9 Å². The van der Waals surface area contributed by atoms with E-state index in [0.29, 0.717) is 6.42 Å². The van der Waals surface area contributed by atoms with Gasteiger partial charge < -0.3 is 15.3 Å². The fourth-order valence-corrected chi connectivity index (χ4v) is 2.45. The number of Topliss-reactive ketones (excluding diaryl/α,β-unsaturated/α-hetero) is 1. The molecular formula is C18H24O5. The van der Waals surface area contributed by atoms with Crippen LogP contribution < -0.4 is 0 Å². The monoisotopic (exact) mass is 320 g/mol. The number of benzene rings is 1. The van der Waals surface area contributed by atoms with Gasteiger partial charge in [-0.3, -0.25) is 9.59 Å². The Morgan fingerprint density at radius 2 is 1.70 bits per heavy atom. The quantitative estimate of drug-likeness (QED) is 0.607. The molecule has 0 bridgehead atoms. The molecule has 0 amide bonds. The average Bonchev–Trinajstić information content (AvgIpc) is 2.44. The number of aliphatic hydroxyl groups excluding tert-OH is 1. The zero-order valence-electron chi connectivity index (χ0n) is 13.4. The highest BCUT2D eigenvalue weighted by Gasteiger charge is 2.33. The first-order valence-corrected chi connectivity index (χ1v) is 7.65. The van der Waals surface area contributed by atoms with E-state index in [0.717, 1.165) is 5.56 Å². The highest BCUT2D eigenvalue weighted by atomic mass is 16.5. The van der Waals surface area contributed by atoms with Gasteiger partial charge in [-0.2, -0.15) is 0 Å². The van der Waals surface area contributed by atoms with Gasteiger partial charge in [-0.15, -0.1) is 0 Å². The zero-order valence-corrected chi connectivity index (χ0v) is 13.4. The topological polar surface area (TPSA) is 94.8 Å². The minimum Gasteiger partial charge on any atom is -0.481 e. The smallest absolute Gasteiger partial charge is 0.312 e. The second-order valence-electron chi connectivity index (χ2n) is 6.05. The first-order chi connectivity index (χ1) is 10.8. The Morgan fingerprint density at radius 1 is 1.09 bits per heavy atom. The number of carboxylic acid groups (broad SMARTS) is 1. The fourth-order valence-electron chi connectivity index (χ4n) is 2.45. The third-order valence-corrected chi connectivity index (χ3v) is 3.50. The van der Waals surface area contributed by atoms with E-state index in [4.69, 9.17) is 0 Å². The van der Waals surface area contributed by atoms with Crippen molar-refractivity contribution in [1.82, 2.24) is 0 Å². The molecule has 1 aromatic rings. The lowest BCUT2D eigenvalue weighted by atomic mass is 9.85. The van der Waals surface area contributed by atoms with Crippen LogP contribution in [0.5, 0.6) is 0 Å². The molecule has 0 fully saturated rings. The van der Waals surface area contributed by atoms with Crippen molar-refractivity contribution in [2.75, 3.05) is 0 Å². The van der Waals surface area contributed by atoms with E-state index in [2.05, 4.69) is 0 Å². The van der Waals surface area contributed by atoms with E-state index in [1.807, 2.05) is 44.2 Å². The number of carboxylic acids is 1. The number of aliphatic carboxylic acids is 1. The van der Waals surface area contributed by atoms with Gasteiger partial charge >= 0.3 is 5.97 Å². The van der Waals surface area contributed by atoms with Gasteiger partial charge in [0, 0.05) is 18.8 Å². The summed E-state index contributed by atoms with van der Waals surface area (Å²) in [6, 6.07) is 9.23. The van der Waals surface area contributed by atoms with Crippen molar-refractivity contribution < 1.29 is 24.9 Å². The summed E-state index contributed by atoms with van der Waals surface area (Å²) in [6.07, 6.45) is 1.56. The first kappa shape index (κ1) is 19.1. The SMILES string of the molecule is CC(C)CC(=O)CC(/C=C/c1ccccc1)C(C(=O)O)C(O)O. The van der Waals surface area contributed by atoms with E-state index in [-0.39, 0.29) is 18.1 Å². The predicted octanol–water partition coefficient (Wildman–Crippen LogP) is 2.33. The molecule has 1 rings (SSSR count). The number of hydrogen-bond acceptors (Lipinski definition) is 4. The average molecular weight is 320 g/mol. The van der Waals surface area contributed by atoms with E-state index in [1.165, 1.54) is 0 Å². The van der Waals surface area contributed by atoms with Crippen LogP contribution in [-0.4, -0.2) is 33.4 Å². The molecule has 5 nitrogen and oxygen atoms in total. The van der Waals surface area contributed by atoms with Crippen LogP contribution in [-0.2, 0) is 9.59 Å². The van der Waals surface area contributed by atoms with Crippen molar-refractivity contribution in [3.63, 3.8) is 0 Å². The van der Waals surface area contributed by atoms with E-state index < -0.39 is 24.1 Å². The Kier molecular flexibility index (Phi) is 7.65. The molecule has 0 aliphatic carbocycles. The number of aliphatic hydroxyl groups is 2. The minimum absolute atomic E-state index is 0.0316. The maximum absolute atomic E-state index is 12.0. The van der Waals surface area contributed by atoms with Crippen LogP contribution in [0.2, 0.25) is 0 Å². The lowest BCUT2D eigenvalue weighted by Crippen LogP contribution is -2.35. The third kappa shape index (κ3) is 6.76. The summed E-state index contributed by atoms with van der Waals surface area (Å²) in [6.45, 7) is 3.81. The van der Waals surface area contributed by atoms with Gasteiger partial charge in [0.25, 0.3) is 0 Å². The van der Waals surface area contributed by atoms with Gasteiger partial charge in [-0.25, -0.2) is 0 Å². The maximum Gasteiger partial charge on any atom is 0.312 e. The molecule has 0 aliphatic heterocycles. The lowest BCUT2D eigenvalue weighted by Gasteiger charge is -2.22. The predicted molar refractivity (Wildman–Crippen MR) is 87.4 cm³/mol. The molecular weight excluding hydrogens is 296 g/mol. The molecule has 3 N–H and O–H groups in total. The van der Waals surface area contributed by atoms with Crippen LogP contribution in [0.25, 0.3) is 6.08 Å². The van der Waals surface area contributed by atoms with E-state index in [1.54, 1.807) is 12.2 Å². The Morgan fingerprint density at radius 3 is 2.17 bits per heavy atom. The Balaban J connectivity index is 2.97. The van der Waals surface area contributed by atoms with E-state index >= 15 is 0 Å². The molecule has 0 spiro atoms. The number of carbonyl (C=O) groups is 2. The second kappa shape index (κ2) is 9.22. The number of ketones is 1. The second-order valence-corrected chi connectivity index (χ2v) is 6.05. The summed E-state index contributed by atoms with van der Waals surface area (Å²) in [7, 11) is 0. The van der Waals surface area contributed by atoms with Gasteiger partial charge in [-0.1, -0.05) is 56.3 Å². The number of hydrogen-bond donors (Lipinski definition) is 3. The molecule has 0 saturated carbocycles. The highest BCUT2D eigenvalue weighted by Crippen LogP contribution is 2.24. The standard InChI is InChI=1S/C18H24O5/c1-12(2)10-15(19)11-14(16(17(20)21)18(22)23)9-8-13-6-4-3-5-7-13/h3-9,12,14,16-17,20-21H,10-11H2,1-2H3,(H,22,23)/b9-8+. The van der Waals surface area contributed by atoms with Crippen molar-refractivity contribution in [1.29, 1.82) is 0 Å². The van der Waals surface area contributed by atoms with Crippen LogP contribution in [0.4, 0.5) is 0 Å². The first-order valence-electron chi connectivity index (χ1n) is 7.65. The molecule has 0 saturated heterocycles. The number of allylic oxidation sites excluding steroid dienone is 1. The molecule has 0 aromatic heterocycles. The molecule has 0 radical (unpaired) electrons. The summed E-state index contributed by atoms with van der Waals surface area (Å²) >= 11 is 0. The zero-order chi connectivity index (χ0) is 17.4. The molecule has 5 heteroatoms. The third-order valence-electron chi connectivity index (χ3n) is 3.50. The molecule has 2 atom stereocenters.